The Kier molecular flexibility index (Phi) is 4.84. The van der Waals surface area contributed by atoms with Gasteiger partial charge in [0, 0.05) is 49.1 Å². The molecule has 1 aliphatic heterocycles. The molecular weight excluding hydrogens is 338 g/mol. The average Bonchev–Trinajstić information content (AvgIpc) is 3.36. The van der Waals surface area contributed by atoms with E-state index in [0.29, 0.717) is 5.92 Å². The molecule has 4 rings (SSSR count). The first-order valence-corrected chi connectivity index (χ1v) is 9.63. The highest BCUT2D eigenvalue weighted by Gasteiger charge is 2.26. The monoisotopic (exact) mass is 363 g/mol. The van der Waals surface area contributed by atoms with Crippen molar-refractivity contribution in [2.24, 2.45) is 0 Å². The summed E-state index contributed by atoms with van der Waals surface area (Å²) >= 11 is 0. The minimum atomic E-state index is 0.106. The fraction of sp³-hybridized carbons (Fsp3) is 0.364. The van der Waals surface area contributed by atoms with E-state index in [2.05, 4.69) is 16.5 Å². The molecule has 5 heteroatoms. The van der Waals surface area contributed by atoms with Gasteiger partial charge in [-0.25, -0.2) is 4.98 Å². The third kappa shape index (κ3) is 3.54. The number of carbonyl (C=O) groups excluding carboxylic acids is 1. The molecule has 27 heavy (non-hydrogen) atoms. The molecule has 0 N–H and O–H groups in total. The Hall–Kier alpha value is -2.82. The van der Waals surface area contributed by atoms with Crippen LogP contribution in [0.4, 0.5) is 0 Å². The van der Waals surface area contributed by atoms with Gasteiger partial charge in [-0.3, -0.25) is 4.79 Å². The van der Waals surface area contributed by atoms with Crippen molar-refractivity contribution in [3.63, 3.8) is 0 Å². The fourth-order valence-electron chi connectivity index (χ4n) is 3.84. The van der Waals surface area contributed by atoms with Crippen LogP contribution in [0.2, 0.25) is 0 Å². The van der Waals surface area contributed by atoms with Crippen LogP contribution in [-0.2, 0) is 6.54 Å². The smallest absolute Gasteiger partial charge is 0.253 e. The number of aryl methyl sites for hydroxylation is 2. The number of piperidine rings is 1. The van der Waals surface area contributed by atoms with Gasteiger partial charge in [-0.1, -0.05) is 12.1 Å². The number of hydrogen-bond donors (Lipinski definition) is 0. The third-order valence-electron chi connectivity index (χ3n) is 5.39. The molecule has 3 heterocycles. The Labute approximate surface area is 159 Å². The molecule has 5 nitrogen and oxygen atoms in total. The number of furan rings is 1. The second-order valence-corrected chi connectivity index (χ2v) is 7.13. The predicted molar refractivity (Wildman–Crippen MR) is 105 cm³/mol. The highest BCUT2D eigenvalue weighted by Crippen LogP contribution is 2.28. The topological polar surface area (TPSA) is 51.3 Å². The lowest BCUT2D eigenvalue weighted by molar-refractivity contribution is 0.0710. The molecule has 0 atom stereocenters. The zero-order chi connectivity index (χ0) is 18.8. The second kappa shape index (κ2) is 7.43. The summed E-state index contributed by atoms with van der Waals surface area (Å²) in [6, 6.07) is 11.6. The molecule has 0 unspecified atom stereocenters. The molecule has 1 amide bonds. The molecule has 1 saturated heterocycles. The summed E-state index contributed by atoms with van der Waals surface area (Å²) in [5.74, 6) is 3.42. The fourth-order valence-corrected chi connectivity index (χ4v) is 3.84. The van der Waals surface area contributed by atoms with Gasteiger partial charge in [-0.15, -0.1) is 0 Å². The van der Waals surface area contributed by atoms with Crippen molar-refractivity contribution < 1.29 is 9.21 Å². The SMILES string of the molecule is CCn1ccnc1C1CCN(C(=O)c2ccc(-c3ccc(C)o3)cc2)CC1. The molecule has 0 radical (unpaired) electrons. The number of benzene rings is 1. The van der Waals surface area contributed by atoms with Crippen molar-refractivity contribution in [3.8, 4) is 11.3 Å². The summed E-state index contributed by atoms with van der Waals surface area (Å²) in [5, 5.41) is 0. The number of imidazole rings is 1. The molecule has 1 aromatic carbocycles. The maximum atomic E-state index is 12.8. The Balaban J connectivity index is 1.40. The summed E-state index contributed by atoms with van der Waals surface area (Å²) in [6.07, 6.45) is 5.84. The van der Waals surface area contributed by atoms with Crippen molar-refractivity contribution in [1.82, 2.24) is 14.5 Å². The van der Waals surface area contributed by atoms with E-state index >= 15 is 0 Å². The molecule has 0 bridgehead atoms. The number of hydrogen-bond acceptors (Lipinski definition) is 3. The first kappa shape index (κ1) is 17.6. The zero-order valence-electron chi connectivity index (χ0n) is 15.9. The first-order chi connectivity index (χ1) is 13.2. The predicted octanol–water partition coefficient (Wildman–Crippen LogP) is 4.49. The van der Waals surface area contributed by atoms with Gasteiger partial charge < -0.3 is 13.9 Å². The number of nitrogens with zero attached hydrogens (tertiary/aromatic N) is 3. The van der Waals surface area contributed by atoms with Crippen molar-refractivity contribution in [2.75, 3.05) is 13.1 Å². The Bertz CT molecular complexity index is 915. The zero-order valence-corrected chi connectivity index (χ0v) is 15.9. The van der Waals surface area contributed by atoms with Crippen molar-refractivity contribution >= 4 is 5.91 Å². The third-order valence-corrected chi connectivity index (χ3v) is 5.39. The number of carbonyl (C=O) groups is 1. The van der Waals surface area contributed by atoms with Gasteiger partial charge in [0.05, 0.1) is 0 Å². The van der Waals surface area contributed by atoms with Crippen molar-refractivity contribution in [2.45, 2.75) is 39.2 Å². The van der Waals surface area contributed by atoms with Crippen LogP contribution in [0.5, 0.6) is 0 Å². The number of rotatable bonds is 4. The minimum absolute atomic E-state index is 0.106. The summed E-state index contributed by atoms with van der Waals surface area (Å²) in [5.41, 5.74) is 1.72. The van der Waals surface area contributed by atoms with E-state index < -0.39 is 0 Å². The Morgan fingerprint density at radius 3 is 2.52 bits per heavy atom. The van der Waals surface area contributed by atoms with E-state index in [4.69, 9.17) is 4.42 Å². The van der Waals surface area contributed by atoms with Gasteiger partial charge in [0.15, 0.2) is 0 Å². The van der Waals surface area contributed by atoms with E-state index in [9.17, 15) is 4.79 Å². The van der Waals surface area contributed by atoms with Crippen LogP contribution in [0.25, 0.3) is 11.3 Å². The number of aromatic nitrogens is 2. The number of likely N-dealkylation sites (tertiary alicyclic amines) is 1. The van der Waals surface area contributed by atoms with E-state index in [1.54, 1.807) is 0 Å². The summed E-state index contributed by atoms with van der Waals surface area (Å²) in [6.45, 7) is 6.56. The van der Waals surface area contributed by atoms with Crippen LogP contribution < -0.4 is 0 Å². The molecule has 1 aliphatic rings. The van der Waals surface area contributed by atoms with Crippen LogP contribution >= 0.6 is 0 Å². The van der Waals surface area contributed by atoms with Gasteiger partial charge in [0.2, 0.25) is 0 Å². The molecule has 0 spiro atoms. The molecule has 2 aromatic heterocycles. The molecular formula is C22H25N3O2. The summed E-state index contributed by atoms with van der Waals surface area (Å²) in [7, 11) is 0. The lowest BCUT2D eigenvalue weighted by atomic mass is 9.95. The minimum Gasteiger partial charge on any atom is -0.461 e. The molecule has 3 aromatic rings. The van der Waals surface area contributed by atoms with E-state index in [1.807, 2.05) is 60.6 Å². The second-order valence-electron chi connectivity index (χ2n) is 7.13. The molecule has 140 valence electrons. The first-order valence-electron chi connectivity index (χ1n) is 9.63. The van der Waals surface area contributed by atoms with E-state index in [-0.39, 0.29) is 5.91 Å². The maximum absolute atomic E-state index is 12.8. The van der Waals surface area contributed by atoms with Gasteiger partial charge in [-0.05, 0) is 51.0 Å². The number of amides is 1. The van der Waals surface area contributed by atoms with Crippen molar-refractivity contribution in [1.29, 1.82) is 0 Å². The quantitative estimate of drug-likeness (QED) is 0.686. The Morgan fingerprint density at radius 1 is 1.15 bits per heavy atom. The highest BCUT2D eigenvalue weighted by atomic mass is 16.3. The summed E-state index contributed by atoms with van der Waals surface area (Å²) in [4.78, 5) is 19.3. The maximum Gasteiger partial charge on any atom is 0.253 e. The van der Waals surface area contributed by atoms with Gasteiger partial charge >= 0.3 is 0 Å². The lowest BCUT2D eigenvalue weighted by Crippen LogP contribution is -2.38. The average molecular weight is 363 g/mol. The van der Waals surface area contributed by atoms with Crippen LogP contribution in [0.3, 0.4) is 0 Å². The van der Waals surface area contributed by atoms with Gasteiger partial charge in [0.25, 0.3) is 5.91 Å². The molecule has 0 aliphatic carbocycles. The highest BCUT2D eigenvalue weighted by molar-refractivity contribution is 5.94. The summed E-state index contributed by atoms with van der Waals surface area (Å²) < 4.78 is 7.85. The van der Waals surface area contributed by atoms with E-state index in [1.165, 1.54) is 0 Å². The van der Waals surface area contributed by atoms with Gasteiger partial charge in [-0.2, -0.15) is 0 Å². The standard InChI is InChI=1S/C22H25N3O2/c1-3-24-15-12-23-21(24)18-10-13-25(14-11-18)22(26)19-7-5-17(6-8-19)20-9-4-16(2)27-20/h4-9,12,15,18H,3,10-11,13-14H2,1-2H3. The van der Waals surface area contributed by atoms with Crippen LogP contribution in [0.15, 0.2) is 53.2 Å². The van der Waals surface area contributed by atoms with Crippen LogP contribution in [0.1, 0.15) is 47.6 Å². The largest absolute Gasteiger partial charge is 0.461 e. The molecule has 0 saturated carbocycles. The molecule has 1 fully saturated rings. The normalized spacial score (nSPS) is 15.3. The van der Waals surface area contributed by atoms with Crippen LogP contribution in [0, 0.1) is 6.92 Å². The van der Waals surface area contributed by atoms with Crippen LogP contribution in [-0.4, -0.2) is 33.4 Å². The lowest BCUT2D eigenvalue weighted by Gasteiger charge is -2.32. The van der Waals surface area contributed by atoms with Crippen molar-refractivity contribution in [3.05, 3.63) is 65.9 Å². The Morgan fingerprint density at radius 2 is 1.89 bits per heavy atom. The van der Waals surface area contributed by atoms with Gasteiger partial charge in [0.1, 0.15) is 17.3 Å². The van der Waals surface area contributed by atoms with E-state index in [0.717, 1.165) is 60.9 Å².